The molecule has 214 valence electrons. The average Bonchev–Trinajstić information content (AvgIpc) is 3.47. The maximum Gasteiger partial charge on any atom is 0.306 e. The van der Waals surface area contributed by atoms with Gasteiger partial charge in [-0.15, -0.1) is 0 Å². The number of hydrogen-bond acceptors (Lipinski definition) is 5. The zero-order valence-electron chi connectivity index (χ0n) is 22.2. The molecule has 0 aromatic heterocycles. The van der Waals surface area contributed by atoms with Crippen LogP contribution >= 0.6 is 11.6 Å². The minimum Gasteiger partial charge on any atom is -0.489 e. The van der Waals surface area contributed by atoms with Crippen LogP contribution in [0, 0.1) is 23.5 Å². The summed E-state index contributed by atoms with van der Waals surface area (Å²) in [6.07, 6.45) is 4.80. The smallest absolute Gasteiger partial charge is 0.306 e. The van der Waals surface area contributed by atoms with Crippen LogP contribution in [-0.2, 0) is 27.3 Å². The Kier molecular flexibility index (Phi) is 8.71. The summed E-state index contributed by atoms with van der Waals surface area (Å²) in [4.78, 5) is 38.4. The first-order chi connectivity index (χ1) is 19.2. The molecule has 2 aliphatic carbocycles. The van der Waals surface area contributed by atoms with Gasteiger partial charge in [0.1, 0.15) is 12.4 Å². The lowest BCUT2D eigenvalue weighted by molar-refractivity contribution is -0.143. The molecule has 5 rings (SSSR count). The van der Waals surface area contributed by atoms with Crippen molar-refractivity contribution in [3.63, 3.8) is 0 Å². The number of benzene rings is 2. The minimum absolute atomic E-state index is 0.00899. The molecule has 7 nitrogen and oxygen atoms in total. The van der Waals surface area contributed by atoms with E-state index in [1.165, 1.54) is 12.1 Å². The van der Waals surface area contributed by atoms with Gasteiger partial charge in [0, 0.05) is 32.0 Å². The molecule has 40 heavy (non-hydrogen) atoms. The van der Waals surface area contributed by atoms with Crippen LogP contribution in [0.5, 0.6) is 5.75 Å². The maximum atomic E-state index is 15.0. The molecular formula is C30H33ClF2N2O5. The van der Waals surface area contributed by atoms with Crippen molar-refractivity contribution in [2.75, 3.05) is 19.7 Å². The first kappa shape index (κ1) is 28.5. The van der Waals surface area contributed by atoms with Crippen molar-refractivity contribution >= 4 is 29.4 Å². The molecule has 1 saturated heterocycles. The Morgan fingerprint density at radius 3 is 2.40 bits per heavy atom. The second-order valence-electron chi connectivity index (χ2n) is 11.1. The fourth-order valence-corrected chi connectivity index (χ4v) is 6.47. The molecule has 1 N–H and O–H groups in total. The van der Waals surface area contributed by atoms with E-state index in [9.17, 15) is 23.9 Å². The molecule has 1 heterocycles. The van der Waals surface area contributed by atoms with E-state index in [4.69, 9.17) is 16.3 Å². The summed E-state index contributed by atoms with van der Waals surface area (Å²) in [6.45, 7) is 1.26. The molecule has 2 fully saturated rings. The van der Waals surface area contributed by atoms with Gasteiger partial charge in [0.2, 0.25) is 11.8 Å². The highest BCUT2D eigenvalue weighted by Crippen LogP contribution is 2.41. The van der Waals surface area contributed by atoms with E-state index in [0.29, 0.717) is 31.8 Å². The van der Waals surface area contributed by atoms with Crippen LogP contribution in [0.25, 0.3) is 0 Å². The number of carbonyl (C=O) groups is 3. The number of hydrogen-bond donors (Lipinski definition) is 1. The predicted octanol–water partition coefficient (Wildman–Crippen LogP) is 5.53. The fraction of sp³-hybridized carbons (Fsp3) is 0.500. The predicted molar refractivity (Wildman–Crippen MR) is 144 cm³/mol. The lowest BCUT2D eigenvalue weighted by Crippen LogP contribution is -2.34. The number of aliphatic carboxylic acids is 1. The molecule has 1 atom stereocenters. The van der Waals surface area contributed by atoms with Crippen molar-refractivity contribution in [1.82, 2.24) is 9.80 Å². The standard InChI is InChI=1S/C30H33ClF2N2O5/c31-23-15-22-21(14-24(23)32)6-7-26(22)34(16-18-1-4-20(5-2-18)30(38)39)17-19-3-8-27(25(33)13-19)40-12-11-35-28(36)9-10-29(35)37/h3,8,13-15,18,20,26H,1-2,4-7,9-12,16-17H2,(H,38,39)/t18-,20-,26?. The summed E-state index contributed by atoms with van der Waals surface area (Å²) in [6, 6.07) is 7.98. The third kappa shape index (κ3) is 6.31. The quantitative estimate of drug-likeness (QED) is 0.376. The van der Waals surface area contributed by atoms with Crippen LogP contribution in [0.3, 0.4) is 0 Å². The average molecular weight is 575 g/mol. The van der Waals surface area contributed by atoms with Crippen LogP contribution in [0.1, 0.15) is 67.7 Å². The summed E-state index contributed by atoms with van der Waals surface area (Å²) in [5.74, 6) is -2.13. The summed E-state index contributed by atoms with van der Waals surface area (Å²) >= 11 is 6.14. The number of carbonyl (C=O) groups excluding carboxylic acids is 2. The molecule has 1 unspecified atom stereocenters. The molecule has 1 saturated carbocycles. The molecule has 0 radical (unpaired) electrons. The molecule has 2 amide bonds. The van der Waals surface area contributed by atoms with E-state index in [1.807, 2.05) is 0 Å². The van der Waals surface area contributed by atoms with Gasteiger partial charge in [-0.2, -0.15) is 0 Å². The summed E-state index contributed by atoms with van der Waals surface area (Å²) < 4.78 is 34.7. The number of ether oxygens (including phenoxy) is 1. The van der Waals surface area contributed by atoms with E-state index in [-0.39, 0.29) is 60.5 Å². The fourth-order valence-electron chi connectivity index (χ4n) is 6.30. The lowest BCUT2D eigenvalue weighted by atomic mass is 9.81. The topological polar surface area (TPSA) is 87.2 Å². The van der Waals surface area contributed by atoms with Gasteiger partial charge < -0.3 is 9.84 Å². The van der Waals surface area contributed by atoms with Gasteiger partial charge in [0.25, 0.3) is 0 Å². The van der Waals surface area contributed by atoms with Crippen LogP contribution in [0.15, 0.2) is 30.3 Å². The summed E-state index contributed by atoms with van der Waals surface area (Å²) in [7, 11) is 0. The molecule has 3 aliphatic rings. The second kappa shape index (κ2) is 12.2. The number of likely N-dealkylation sites (tertiary alicyclic amines) is 1. The highest BCUT2D eigenvalue weighted by atomic mass is 35.5. The van der Waals surface area contributed by atoms with Gasteiger partial charge in [-0.25, -0.2) is 8.78 Å². The Morgan fingerprint density at radius 2 is 1.73 bits per heavy atom. The summed E-state index contributed by atoms with van der Waals surface area (Å²) in [5, 5.41) is 9.46. The van der Waals surface area contributed by atoms with Gasteiger partial charge >= 0.3 is 5.97 Å². The number of rotatable bonds is 10. The van der Waals surface area contributed by atoms with Crippen LogP contribution in [0.2, 0.25) is 5.02 Å². The van der Waals surface area contributed by atoms with Gasteiger partial charge in [0.15, 0.2) is 11.6 Å². The minimum atomic E-state index is -0.742. The molecule has 2 aromatic rings. The molecule has 2 aromatic carbocycles. The van der Waals surface area contributed by atoms with Crippen LogP contribution in [0.4, 0.5) is 8.78 Å². The Hall–Kier alpha value is -3.04. The molecule has 0 bridgehead atoms. The normalized spacial score (nSPS) is 22.7. The maximum absolute atomic E-state index is 15.0. The molecule has 10 heteroatoms. The molecule has 0 spiro atoms. The Labute approximate surface area is 237 Å². The zero-order chi connectivity index (χ0) is 28.4. The van der Waals surface area contributed by atoms with Crippen LogP contribution < -0.4 is 4.74 Å². The monoisotopic (exact) mass is 574 g/mol. The van der Waals surface area contributed by atoms with E-state index in [2.05, 4.69) is 4.90 Å². The van der Waals surface area contributed by atoms with Gasteiger partial charge in [-0.05, 0) is 85.4 Å². The highest BCUT2D eigenvalue weighted by Gasteiger charge is 2.33. The van der Waals surface area contributed by atoms with Crippen LogP contribution in [-0.4, -0.2) is 52.4 Å². The Bertz CT molecular complexity index is 1280. The zero-order valence-corrected chi connectivity index (χ0v) is 23.0. The van der Waals surface area contributed by atoms with Crippen molar-refractivity contribution in [2.24, 2.45) is 11.8 Å². The number of amides is 2. The summed E-state index contributed by atoms with van der Waals surface area (Å²) in [5.41, 5.74) is 2.66. The van der Waals surface area contributed by atoms with Crippen molar-refractivity contribution in [2.45, 2.75) is 64.0 Å². The number of carboxylic acid groups (broad SMARTS) is 1. The number of aryl methyl sites for hydroxylation is 1. The highest BCUT2D eigenvalue weighted by molar-refractivity contribution is 6.30. The number of carboxylic acids is 1. The number of halogens is 3. The van der Waals surface area contributed by atoms with Crippen molar-refractivity contribution in [1.29, 1.82) is 0 Å². The van der Waals surface area contributed by atoms with Gasteiger partial charge in [0.05, 0.1) is 17.5 Å². The Morgan fingerprint density at radius 1 is 1.00 bits per heavy atom. The lowest BCUT2D eigenvalue weighted by Gasteiger charge is -2.35. The molecular weight excluding hydrogens is 542 g/mol. The van der Waals surface area contributed by atoms with E-state index in [1.54, 1.807) is 18.2 Å². The van der Waals surface area contributed by atoms with Gasteiger partial charge in [-0.3, -0.25) is 24.2 Å². The van der Waals surface area contributed by atoms with Crippen molar-refractivity contribution in [3.8, 4) is 5.75 Å². The third-order valence-corrected chi connectivity index (χ3v) is 8.76. The number of nitrogens with zero attached hydrogens (tertiary/aromatic N) is 2. The van der Waals surface area contributed by atoms with Crippen molar-refractivity contribution < 1.29 is 33.0 Å². The van der Waals surface area contributed by atoms with Gasteiger partial charge in [-0.1, -0.05) is 17.7 Å². The Balaban J connectivity index is 1.29. The van der Waals surface area contributed by atoms with Crippen molar-refractivity contribution in [3.05, 3.63) is 63.7 Å². The first-order valence-corrected chi connectivity index (χ1v) is 14.3. The van der Waals surface area contributed by atoms with E-state index < -0.39 is 17.6 Å². The third-order valence-electron chi connectivity index (χ3n) is 8.47. The van der Waals surface area contributed by atoms with E-state index in [0.717, 1.165) is 47.3 Å². The second-order valence-corrected chi connectivity index (χ2v) is 11.5. The number of fused-ring (bicyclic) bond motifs is 1. The number of imide groups is 1. The molecule has 1 aliphatic heterocycles. The first-order valence-electron chi connectivity index (χ1n) is 13.9. The van der Waals surface area contributed by atoms with E-state index >= 15 is 4.39 Å². The SMILES string of the molecule is O=C1CCC(=O)N1CCOc1ccc(CN(C[C@H]2CC[C@H](C(=O)O)CC2)C2CCc3cc(F)c(Cl)cc32)cc1F. The largest absolute Gasteiger partial charge is 0.489 e.